The molecule has 0 aromatic heterocycles. The highest BCUT2D eigenvalue weighted by atomic mass is 19.2. The monoisotopic (exact) mass is 91.0 g/mol. The third-order valence-electron chi connectivity index (χ3n) is 0.193. The Kier molecular flexibility index (Phi) is 2.20. The molecule has 1 nitrogen and oxygen atoms in total. The molecule has 0 aliphatic carbocycles. The highest BCUT2D eigenvalue weighted by Gasteiger charge is 1.85. The molecule has 0 N–H and O–H groups in total. The summed E-state index contributed by atoms with van der Waals surface area (Å²) < 4.78 is 21.5. The first-order valence-electron chi connectivity index (χ1n) is 1.15. The zero-order chi connectivity index (χ0) is 4.99. The first-order chi connectivity index (χ1) is 2.81. The van der Waals surface area contributed by atoms with Crippen molar-refractivity contribution >= 4 is 6.29 Å². The minimum atomic E-state index is -1.50. The fourth-order valence-corrected chi connectivity index (χ4v) is 0.0223. The van der Waals surface area contributed by atoms with Crippen molar-refractivity contribution in [2.45, 2.75) is 0 Å². The van der Waals surface area contributed by atoms with Crippen LogP contribution in [0.15, 0.2) is 12.2 Å². The van der Waals surface area contributed by atoms with Crippen LogP contribution in [0.2, 0.25) is 0 Å². The Bertz CT molecular complexity index is 76.9. The van der Waals surface area contributed by atoms with Gasteiger partial charge in [0.2, 0.25) is 5.83 Å². The zero-order valence-corrected chi connectivity index (χ0v) is 2.74. The maximum absolute atomic E-state index is 10.9. The van der Waals surface area contributed by atoms with Crippen LogP contribution in [0.5, 0.6) is 0 Å². The molecule has 3 heteroatoms. The van der Waals surface area contributed by atoms with Gasteiger partial charge in [-0.15, -0.1) is 0 Å². The van der Waals surface area contributed by atoms with E-state index in [1.807, 2.05) is 0 Å². The summed E-state index contributed by atoms with van der Waals surface area (Å²) in [6.07, 6.45) is 0.233. The van der Waals surface area contributed by atoms with Gasteiger partial charge in [0, 0.05) is 0 Å². The molecule has 0 spiro atoms. The van der Waals surface area contributed by atoms with E-state index >= 15 is 0 Å². The number of halogens is 2. The summed E-state index contributed by atoms with van der Waals surface area (Å²) in [5.74, 6) is -1.50. The van der Waals surface area contributed by atoms with Gasteiger partial charge in [-0.25, -0.2) is 4.39 Å². The first kappa shape index (κ1) is 5.27. The second-order valence-electron chi connectivity index (χ2n) is 0.559. The second kappa shape index (κ2) is 2.50. The van der Waals surface area contributed by atoms with Gasteiger partial charge in [0.25, 0.3) is 6.29 Å². The van der Waals surface area contributed by atoms with Gasteiger partial charge in [0.05, 0.1) is 0 Å². The Morgan fingerprint density at radius 2 is 2.33 bits per heavy atom. The van der Waals surface area contributed by atoms with E-state index in [9.17, 15) is 8.78 Å². The molecule has 0 aromatic rings. The zero-order valence-electron chi connectivity index (χ0n) is 2.74. The summed E-state index contributed by atoms with van der Waals surface area (Å²) in [5, 5.41) is 0. The van der Waals surface area contributed by atoms with E-state index in [1.165, 1.54) is 0 Å². The Hall–Kier alpha value is -0.730. The Morgan fingerprint density at radius 3 is 2.33 bits per heavy atom. The molecule has 0 unspecified atom stereocenters. The third kappa shape index (κ3) is 1.58. The molecule has 0 rings (SSSR count). The largest absolute Gasteiger partial charge is 0.282 e. The molecule has 33 valence electrons. The predicted octanol–water partition coefficient (Wildman–Crippen LogP) is 0.877. The van der Waals surface area contributed by atoms with E-state index in [0.717, 1.165) is 0 Å². The van der Waals surface area contributed by atoms with Crippen molar-refractivity contribution in [1.29, 1.82) is 0 Å². The maximum atomic E-state index is 10.9. The van der Waals surface area contributed by atoms with Crippen molar-refractivity contribution in [3.63, 3.8) is 0 Å². The van der Waals surface area contributed by atoms with Crippen LogP contribution in [0.3, 0.4) is 0 Å². The van der Waals surface area contributed by atoms with Crippen LogP contribution in [0.25, 0.3) is 0 Å². The van der Waals surface area contributed by atoms with Gasteiger partial charge in [-0.1, -0.05) is 0 Å². The van der Waals surface area contributed by atoms with E-state index in [-0.39, 0.29) is 0 Å². The highest BCUT2D eigenvalue weighted by Crippen LogP contribution is 1.87. The fraction of sp³-hybridized carbons (Fsp3) is 0. The Labute approximate surface area is 33.3 Å². The third-order valence-corrected chi connectivity index (χ3v) is 0.193. The lowest BCUT2D eigenvalue weighted by Crippen LogP contribution is -1.65. The molecule has 1 radical (unpaired) electrons. The van der Waals surface area contributed by atoms with Crippen molar-refractivity contribution in [2.75, 3.05) is 0 Å². The quantitative estimate of drug-likeness (QED) is 0.438. The summed E-state index contributed by atoms with van der Waals surface area (Å²) in [5.41, 5.74) is 0. The van der Waals surface area contributed by atoms with Crippen molar-refractivity contribution in [3.05, 3.63) is 12.2 Å². The van der Waals surface area contributed by atoms with Gasteiger partial charge in [-0.2, -0.15) is 4.39 Å². The number of rotatable bonds is 1. The minimum Gasteiger partial charge on any atom is -0.282 e. The van der Waals surface area contributed by atoms with E-state index < -0.39 is 12.2 Å². The van der Waals surface area contributed by atoms with Crippen LogP contribution >= 0.6 is 0 Å². The van der Waals surface area contributed by atoms with Crippen molar-refractivity contribution in [1.82, 2.24) is 0 Å². The van der Waals surface area contributed by atoms with Crippen LogP contribution < -0.4 is 0 Å². The molecule has 0 saturated heterocycles. The van der Waals surface area contributed by atoms with Crippen LogP contribution in [-0.4, -0.2) is 6.29 Å². The molecule has 6 heavy (non-hydrogen) atoms. The maximum Gasteiger partial charge on any atom is 0.266 e. The molecule has 0 heterocycles. The average Bonchev–Trinajstić information content (AvgIpc) is 1.65. The van der Waals surface area contributed by atoms with Crippen LogP contribution in [-0.2, 0) is 4.79 Å². The van der Waals surface area contributed by atoms with Gasteiger partial charge in [-0.05, 0) is 0 Å². The molecule has 0 aromatic carbocycles. The van der Waals surface area contributed by atoms with E-state index in [4.69, 9.17) is 4.79 Å². The van der Waals surface area contributed by atoms with E-state index in [0.29, 0.717) is 6.29 Å². The number of carbonyl (C=O) groups excluding carboxylic acids is 1. The predicted molar refractivity (Wildman–Crippen MR) is 16.0 cm³/mol. The molecular weight excluding hydrogens is 90.0 g/mol. The average molecular weight is 91.0 g/mol. The molecule has 0 aliphatic heterocycles. The highest BCUT2D eigenvalue weighted by molar-refractivity contribution is 5.69. The minimum absolute atomic E-state index is 0.451. The summed E-state index contributed by atoms with van der Waals surface area (Å²) in [6, 6.07) is 0. The van der Waals surface area contributed by atoms with Gasteiger partial charge in [0.15, 0.2) is 0 Å². The van der Waals surface area contributed by atoms with Gasteiger partial charge in [0.1, 0.15) is 6.33 Å². The van der Waals surface area contributed by atoms with Crippen molar-refractivity contribution in [2.24, 2.45) is 0 Å². The second-order valence-corrected chi connectivity index (χ2v) is 0.559. The van der Waals surface area contributed by atoms with Crippen LogP contribution in [0.1, 0.15) is 0 Å². The molecule has 0 bridgehead atoms. The Balaban J connectivity index is 3.50. The van der Waals surface area contributed by atoms with E-state index in [2.05, 4.69) is 0 Å². The van der Waals surface area contributed by atoms with Crippen LogP contribution in [0.4, 0.5) is 8.78 Å². The standard InChI is InChI=1S/C3HF2O/c4-1-3(5)2-6/h1H/b3-1-. The molecule has 0 amide bonds. The molecule has 0 aliphatic rings. The van der Waals surface area contributed by atoms with Gasteiger partial charge in [-0.3, -0.25) is 4.79 Å². The molecule has 0 atom stereocenters. The van der Waals surface area contributed by atoms with Gasteiger partial charge < -0.3 is 0 Å². The van der Waals surface area contributed by atoms with Gasteiger partial charge >= 0.3 is 0 Å². The normalized spacial score (nSPS) is 11.3. The first-order valence-corrected chi connectivity index (χ1v) is 1.15. The summed E-state index contributed by atoms with van der Waals surface area (Å²) in [7, 11) is 0. The molecular formula is C3HF2O. The number of hydrogen-bond acceptors (Lipinski definition) is 1. The lowest BCUT2D eigenvalue weighted by Gasteiger charge is -1.63. The SMILES string of the molecule is O=[C]/C(F)=C/F. The van der Waals surface area contributed by atoms with Crippen molar-refractivity contribution < 1.29 is 13.6 Å². The summed E-state index contributed by atoms with van der Waals surface area (Å²) in [4.78, 5) is 8.93. The number of allylic oxidation sites excluding steroid dienone is 1. The fourth-order valence-electron chi connectivity index (χ4n) is 0.0223. The summed E-state index contributed by atoms with van der Waals surface area (Å²) >= 11 is 0. The summed E-state index contributed by atoms with van der Waals surface area (Å²) in [6.45, 7) is 0. The Morgan fingerprint density at radius 1 is 1.83 bits per heavy atom. The number of hydrogen-bond donors (Lipinski definition) is 0. The van der Waals surface area contributed by atoms with E-state index in [1.54, 1.807) is 0 Å². The lowest BCUT2D eigenvalue weighted by atomic mass is 10.7. The molecule has 0 fully saturated rings. The molecule has 0 saturated carbocycles. The smallest absolute Gasteiger partial charge is 0.266 e. The van der Waals surface area contributed by atoms with Crippen molar-refractivity contribution in [3.8, 4) is 0 Å². The lowest BCUT2D eigenvalue weighted by molar-refractivity contribution is 0.534. The topological polar surface area (TPSA) is 17.1 Å². The van der Waals surface area contributed by atoms with Crippen LogP contribution in [0, 0.1) is 0 Å².